The maximum absolute atomic E-state index is 12.3. The molecule has 0 radical (unpaired) electrons. The molecule has 1 aliphatic rings. The van der Waals surface area contributed by atoms with Gasteiger partial charge in [-0.05, 0) is 43.0 Å². The average Bonchev–Trinajstić information content (AvgIpc) is 2.67. The lowest BCUT2D eigenvalue weighted by atomic mass is 9.95. The van der Waals surface area contributed by atoms with Crippen molar-refractivity contribution >= 4 is 35.8 Å². The number of rotatable bonds is 6. The first-order valence-electron chi connectivity index (χ1n) is 9.19. The van der Waals surface area contributed by atoms with Crippen LogP contribution in [0.5, 0.6) is 5.75 Å². The molecule has 0 bridgehead atoms. The fraction of sp³-hybridized carbons (Fsp3) is 0.526. The number of carbonyl (C=O) groups excluding carboxylic acids is 3. The first kappa shape index (κ1) is 23.7. The minimum atomic E-state index is -0.632. The van der Waals surface area contributed by atoms with E-state index in [1.807, 2.05) is 13.8 Å². The highest BCUT2D eigenvalue weighted by Gasteiger charge is 2.28. The van der Waals surface area contributed by atoms with E-state index in [2.05, 4.69) is 10.6 Å². The molecule has 0 aliphatic carbocycles. The number of benzene rings is 1. The number of anilines is 1. The monoisotopic (exact) mass is 412 g/mol. The molecule has 8 nitrogen and oxygen atoms in total. The van der Waals surface area contributed by atoms with Gasteiger partial charge in [0.2, 0.25) is 17.7 Å². The number of hydrogen-bond donors (Lipinski definition) is 4. The Hall–Kier alpha value is -2.32. The molecule has 28 heavy (non-hydrogen) atoms. The molecule has 0 spiro atoms. The zero-order valence-electron chi connectivity index (χ0n) is 16.2. The number of nitrogens with two attached hydrogens (primary N) is 1. The summed E-state index contributed by atoms with van der Waals surface area (Å²) in [4.78, 5) is 38.1. The SMILES string of the molecule is CC(C)[C@H](N)C(=O)NCC(=O)N1CCC(C(=O)Nc2ccc(O)cc2)CC1.Cl. The van der Waals surface area contributed by atoms with E-state index in [4.69, 9.17) is 5.73 Å². The molecule has 156 valence electrons. The lowest BCUT2D eigenvalue weighted by Crippen LogP contribution is -2.49. The third-order valence-corrected chi connectivity index (χ3v) is 4.79. The topological polar surface area (TPSA) is 125 Å². The molecule has 2 rings (SSSR count). The number of carbonyl (C=O) groups is 3. The van der Waals surface area contributed by atoms with Gasteiger partial charge in [0.25, 0.3) is 0 Å². The molecule has 0 saturated carbocycles. The van der Waals surface area contributed by atoms with E-state index in [0.717, 1.165) is 0 Å². The highest BCUT2D eigenvalue weighted by Crippen LogP contribution is 2.20. The molecule has 1 aromatic carbocycles. The maximum Gasteiger partial charge on any atom is 0.241 e. The molecule has 9 heteroatoms. The van der Waals surface area contributed by atoms with Gasteiger partial charge in [-0.25, -0.2) is 0 Å². The van der Waals surface area contributed by atoms with E-state index < -0.39 is 6.04 Å². The van der Waals surface area contributed by atoms with Gasteiger partial charge in [-0.1, -0.05) is 13.8 Å². The first-order chi connectivity index (χ1) is 12.8. The zero-order valence-corrected chi connectivity index (χ0v) is 17.0. The quantitative estimate of drug-likeness (QED) is 0.520. The molecule has 3 amide bonds. The summed E-state index contributed by atoms with van der Waals surface area (Å²) < 4.78 is 0. The predicted molar refractivity (Wildman–Crippen MR) is 109 cm³/mol. The fourth-order valence-corrected chi connectivity index (χ4v) is 2.88. The third kappa shape index (κ3) is 6.69. The highest BCUT2D eigenvalue weighted by molar-refractivity contribution is 5.93. The Bertz CT molecular complexity index is 673. The maximum atomic E-state index is 12.3. The smallest absolute Gasteiger partial charge is 0.241 e. The molecule has 5 N–H and O–H groups in total. The Labute approximate surface area is 171 Å². The van der Waals surface area contributed by atoms with Crippen LogP contribution in [0.4, 0.5) is 5.69 Å². The van der Waals surface area contributed by atoms with Crippen molar-refractivity contribution in [2.75, 3.05) is 25.0 Å². The van der Waals surface area contributed by atoms with Gasteiger partial charge in [0, 0.05) is 24.7 Å². The fourth-order valence-electron chi connectivity index (χ4n) is 2.88. The molecule has 0 aromatic heterocycles. The normalized spacial score (nSPS) is 15.5. The summed E-state index contributed by atoms with van der Waals surface area (Å²) in [6.45, 7) is 4.56. The first-order valence-corrected chi connectivity index (χ1v) is 9.19. The predicted octanol–water partition coefficient (Wildman–Crippen LogP) is 1.09. The Balaban J connectivity index is 0.00000392. The van der Waals surface area contributed by atoms with Crippen molar-refractivity contribution in [2.24, 2.45) is 17.6 Å². The minimum Gasteiger partial charge on any atom is -0.508 e. The van der Waals surface area contributed by atoms with Gasteiger partial charge in [-0.15, -0.1) is 12.4 Å². The number of hydrogen-bond acceptors (Lipinski definition) is 5. The second-order valence-electron chi connectivity index (χ2n) is 7.18. The lowest BCUT2D eigenvalue weighted by Gasteiger charge is -2.31. The number of aromatic hydroxyl groups is 1. The van der Waals surface area contributed by atoms with Gasteiger partial charge >= 0.3 is 0 Å². The Morgan fingerprint density at radius 2 is 1.75 bits per heavy atom. The molecule has 1 atom stereocenters. The van der Waals surface area contributed by atoms with E-state index in [-0.39, 0.29) is 54.3 Å². The van der Waals surface area contributed by atoms with Crippen molar-refractivity contribution in [3.05, 3.63) is 24.3 Å². The van der Waals surface area contributed by atoms with Crippen LogP contribution < -0.4 is 16.4 Å². The van der Waals surface area contributed by atoms with Crippen LogP contribution >= 0.6 is 12.4 Å². The zero-order chi connectivity index (χ0) is 20.0. The van der Waals surface area contributed by atoms with E-state index in [0.29, 0.717) is 31.6 Å². The molecule has 1 saturated heterocycles. The van der Waals surface area contributed by atoms with Crippen molar-refractivity contribution in [3.63, 3.8) is 0 Å². The number of nitrogens with zero attached hydrogens (tertiary/aromatic N) is 1. The second kappa shape index (κ2) is 10.9. The largest absolute Gasteiger partial charge is 0.508 e. The van der Waals surface area contributed by atoms with Crippen LogP contribution in [0.3, 0.4) is 0 Å². The summed E-state index contributed by atoms with van der Waals surface area (Å²) >= 11 is 0. The molecule has 1 aromatic rings. The Morgan fingerprint density at radius 1 is 1.18 bits per heavy atom. The number of piperidine rings is 1. The number of amides is 3. The summed E-state index contributed by atoms with van der Waals surface area (Å²) in [7, 11) is 0. The van der Waals surface area contributed by atoms with Crippen molar-refractivity contribution in [3.8, 4) is 5.75 Å². The summed E-state index contributed by atoms with van der Waals surface area (Å²) in [5, 5.41) is 14.7. The van der Waals surface area contributed by atoms with Crippen LogP contribution in [0.1, 0.15) is 26.7 Å². The van der Waals surface area contributed by atoms with Crippen molar-refractivity contribution < 1.29 is 19.5 Å². The number of phenols is 1. The van der Waals surface area contributed by atoms with Gasteiger partial charge in [0.1, 0.15) is 5.75 Å². The van der Waals surface area contributed by atoms with Gasteiger partial charge in [-0.3, -0.25) is 14.4 Å². The van der Waals surface area contributed by atoms with Gasteiger partial charge in [0.15, 0.2) is 0 Å². The number of phenolic OH excluding ortho intramolecular Hbond substituents is 1. The molecule has 1 heterocycles. The summed E-state index contributed by atoms with van der Waals surface area (Å²) in [6, 6.07) is 5.66. The van der Waals surface area contributed by atoms with E-state index in [9.17, 15) is 19.5 Å². The van der Waals surface area contributed by atoms with E-state index in [1.54, 1.807) is 17.0 Å². The highest BCUT2D eigenvalue weighted by atomic mass is 35.5. The second-order valence-corrected chi connectivity index (χ2v) is 7.18. The van der Waals surface area contributed by atoms with Crippen LogP contribution in [0, 0.1) is 11.8 Å². The number of likely N-dealkylation sites (tertiary alicyclic amines) is 1. The summed E-state index contributed by atoms with van der Waals surface area (Å²) in [6.07, 6.45) is 1.13. The molecule has 1 aliphatic heterocycles. The molecule has 0 unspecified atom stereocenters. The van der Waals surface area contributed by atoms with Crippen molar-refractivity contribution in [1.29, 1.82) is 0 Å². The lowest BCUT2D eigenvalue weighted by molar-refractivity contribution is -0.135. The Morgan fingerprint density at radius 3 is 2.29 bits per heavy atom. The summed E-state index contributed by atoms with van der Waals surface area (Å²) in [5.74, 6) is -0.627. The molecular weight excluding hydrogens is 384 g/mol. The summed E-state index contributed by atoms with van der Waals surface area (Å²) in [5.41, 5.74) is 6.38. The van der Waals surface area contributed by atoms with Crippen LogP contribution in [0.15, 0.2) is 24.3 Å². The van der Waals surface area contributed by atoms with E-state index >= 15 is 0 Å². The average molecular weight is 413 g/mol. The van der Waals surface area contributed by atoms with Crippen LogP contribution in [-0.4, -0.2) is 53.4 Å². The van der Waals surface area contributed by atoms with Crippen molar-refractivity contribution in [1.82, 2.24) is 10.2 Å². The minimum absolute atomic E-state index is 0. The molecular formula is C19H29ClN4O4. The number of nitrogens with one attached hydrogen (secondary N) is 2. The van der Waals surface area contributed by atoms with E-state index in [1.165, 1.54) is 12.1 Å². The standard InChI is InChI=1S/C19H28N4O4.ClH/c1-12(2)17(20)19(27)21-11-16(25)23-9-7-13(8-10-23)18(26)22-14-3-5-15(24)6-4-14;/h3-6,12-13,17,24H,7-11,20H2,1-2H3,(H,21,27)(H,22,26);1H/t17-;/m0./s1. The van der Waals surface area contributed by atoms with Crippen molar-refractivity contribution in [2.45, 2.75) is 32.7 Å². The third-order valence-electron chi connectivity index (χ3n) is 4.79. The van der Waals surface area contributed by atoms with Gasteiger partial charge < -0.3 is 26.4 Å². The molecule has 1 fully saturated rings. The van der Waals surface area contributed by atoms with Gasteiger partial charge in [0.05, 0.1) is 12.6 Å². The van der Waals surface area contributed by atoms with Crippen LogP contribution in [0.25, 0.3) is 0 Å². The van der Waals surface area contributed by atoms with Crippen LogP contribution in [-0.2, 0) is 14.4 Å². The van der Waals surface area contributed by atoms with Gasteiger partial charge in [-0.2, -0.15) is 0 Å². The number of halogens is 1. The van der Waals surface area contributed by atoms with Crippen LogP contribution in [0.2, 0.25) is 0 Å². The Kier molecular flexibility index (Phi) is 9.21.